The standard InChI is InChI=1S/C20H30N6O/c1-20(2,3)15-26-17(11-16-13-22-18(12-21)23-19(16)26)14-25-7-5-24(6-8-25)9-10-27-4/h11,13H,5-10,14-15H2,1-4H3. The van der Waals surface area contributed by atoms with Crippen molar-refractivity contribution in [3.8, 4) is 6.07 Å². The second-order valence-corrected chi connectivity index (χ2v) is 8.48. The first kappa shape index (κ1) is 19.7. The van der Waals surface area contributed by atoms with Crippen molar-refractivity contribution < 1.29 is 4.74 Å². The summed E-state index contributed by atoms with van der Waals surface area (Å²) in [6.45, 7) is 14.5. The predicted octanol–water partition coefficient (Wildman–Crippen LogP) is 2.11. The van der Waals surface area contributed by atoms with Gasteiger partial charge in [0, 0.05) is 70.2 Å². The number of aromatic nitrogens is 3. The molecule has 1 aliphatic rings. The molecule has 1 aliphatic heterocycles. The molecule has 0 bridgehead atoms. The van der Waals surface area contributed by atoms with E-state index in [4.69, 9.17) is 10.00 Å². The van der Waals surface area contributed by atoms with Gasteiger partial charge in [0.1, 0.15) is 11.7 Å². The molecular weight excluding hydrogens is 340 g/mol. The lowest BCUT2D eigenvalue weighted by Gasteiger charge is -2.35. The maximum atomic E-state index is 9.17. The van der Waals surface area contributed by atoms with Crippen LogP contribution in [-0.2, 0) is 17.8 Å². The Bertz CT molecular complexity index is 808. The summed E-state index contributed by atoms with van der Waals surface area (Å²) in [7, 11) is 1.75. The molecule has 0 atom stereocenters. The quantitative estimate of drug-likeness (QED) is 0.776. The summed E-state index contributed by atoms with van der Waals surface area (Å²) in [6.07, 6.45) is 1.77. The number of fused-ring (bicyclic) bond motifs is 1. The van der Waals surface area contributed by atoms with E-state index in [1.807, 2.05) is 0 Å². The Labute approximate surface area is 161 Å². The number of nitrogens with zero attached hydrogens (tertiary/aromatic N) is 6. The monoisotopic (exact) mass is 370 g/mol. The molecule has 2 aromatic rings. The summed E-state index contributed by atoms with van der Waals surface area (Å²) >= 11 is 0. The molecule has 0 unspecified atom stereocenters. The van der Waals surface area contributed by atoms with E-state index < -0.39 is 0 Å². The molecule has 0 aromatic carbocycles. The SMILES string of the molecule is COCCN1CCN(Cc2cc3cnc(C#N)nc3n2CC(C)(C)C)CC1. The fraction of sp³-hybridized carbons (Fsp3) is 0.650. The van der Waals surface area contributed by atoms with Crippen molar-refractivity contribution in [3.05, 3.63) is 23.8 Å². The molecule has 7 heteroatoms. The molecule has 2 aromatic heterocycles. The van der Waals surface area contributed by atoms with Crippen LogP contribution in [0.2, 0.25) is 0 Å². The van der Waals surface area contributed by atoms with Gasteiger partial charge in [0.05, 0.1) is 6.61 Å². The van der Waals surface area contributed by atoms with E-state index in [2.05, 4.69) is 57.2 Å². The molecule has 3 heterocycles. The average Bonchev–Trinajstić information content (AvgIpc) is 2.96. The summed E-state index contributed by atoms with van der Waals surface area (Å²) in [6, 6.07) is 4.24. The molecule has 0 spiro atoms. The lowest BCUT2D eigenvalue weighted by atomic mass is 9.97. The van der Waals surface area contributed by atoms with Crippen LogP contribution in [0.15, 0.2) is 12.3 Å². The summed E-state index contributed by atoms with van der Waals surface area (Å²) in [4.78, 5) is 13.6. The van der Waals surface area contributed by atoms with Crippen LogP contribution in [0.4, 0.5) is 0 Å². The van der Waals surface area contributed by atoms with Gasteiger partial charge in [-0.05, 0) is 11.5 Å². The Morgan fingerprint density at radius 2 is 1.89 bits per heavy atom. The van der Waals surface area contributed by atoms with Crippen molar-refractivity contribution in [1.82, 2.24) is 24.3 Å². The zero-order chi connectivity index (χ0) is 19.4. The Morgan fingerprint density at radius 1 is 1.19 bits per heavy atom. The van der Waals surface area contributed by atoms with Crippen LogP contribution in [0.3, 0.4) is 0 Å². The van der Waals surface area contributed by atoms with Crippen LogP contribution in [0.1, 0.15) is 32.3 Å². The topological polar surface area (TPSA) is 70.2 Å². The van der Waals surface area contributed by atoms with Crippen molar-refractivity contribution in [1.29, 1.82) is 5.26 Å². The smallest absolute Gasteiger partial charge is 0.234 e. The summed E-state index contributed by atoms with van der Waals surface area (Å²) in [5, 5.41) is 10.2. The van der Waals surface area contributed by atoms with Gasteiger partial charge in [-0.3, -0.25) is 9.80 Å². The van der Waals surface area contributed by atoms with Gasteiger partial charge in [0.25, 0.3) is 0 Å². The number of hydrogen-bond donors (Lipinski definition) is 0. The highest BCUT2D eigenvalue weighted by Gasteiger charge is 2.22. The van der Waals surface area contributed by atoms with Gasteiger partial charge in [0.15, 0.2) is 0 Å². The number of piperazine rings is 1. The van der Waals surface area contributed by atoms with Gasteiger partial charge >= 0.3 is 0 Å². The third-order valence-corrected chi connectivity index (χ3v) is 4.92. The molecule has 7 nitrogen and oxygen atoms in total. The van der Waals surface area contributed by atoms with Crippen molar-refractivity contribution in [2.45, 2.75) is 33.9 Å². The third-order valence-electron chi connectivity index (χ3n) is 4.92. The van der Waals surface area contributed by atoms with Gasteiger partial charge in [-0.1, -0.05) is 20.8 Å². The molecule has 0 N–H and O–H groups in total. The van der Waals surface area contributed by atoms with E-state index in [-0.39, 0.29) is 11.2 Å². The van der Waals surface area contributed by atoms with E-state index in [1.54, 1.807) is 13.3 Å². The van der Waals surface area contributed by atoms with Crippen LogP contribution in [0.25, 0.3) is 11.0 Å². The van der Waals surface area contributed by atoms with Gasteiger partial charge < -0.3 is 9.30 Å². The number of hydrogen-bond acceptors (Lipinski definition) is 6. The van der Waals surface area contributed by atoms with Gasteiger partial charge in [-0.15, -0.1) is 0 Å². The van der Waals surface area contributed by atoms with E-state index in [1.165, 1.54) is 5.69 Å². The van der Waals surface area contributed by atoms with Gasteiger partial charge in [-0.2, -0.15) is 5.26 Å². The molecule has 0 aliphatic carbocycles. The fourth-order valence-electron chi connectivity index (χ4n) is 3.55. The molecule has 0 saturated carbocycles. The molecule has 27 heavy (non-hydrogen) atoms. The second-order valence-electron chi connectivity index (χ2n) is 8.48. The molecule has 0 amide bonds. The number of rotatable bonds is 6. The van der Waals surface area contributed by atoms with Crippen LogP contribution >= 0.6 is 0 Å². The zero-order valence-corrected chi connectivity index (χ0v) is 16.9. The molecule has 1 saturated heterocycles. The molecule has 3 rings (SSSR count). The Kier molecular flexibility index (Phi) is 6.10. The molecular formula is C20H30N6O. The van der Waals surface area contributed by atoms with Gasteiger partial charge in [0.2, 0.25) is 5.82 Å². The normalized spacial score (nSPS) is 16.7. The first-order chi connectivity index (χ1) is 12.9. The predicted molar refractivity (Wildman–Crippen MR) is 105 cm³/mol. The minimum Gasteiger partial charge on any atom is -0.383 e. The summed E-state index contributed by atoms with van der Waals surface area (Å²) in [5.74, 6) is 0.231. The molecule has 1 fully saturated rings. The lowest BCUT2D eigenvalue weighted by Crippen LogP contribution is -2.47. The molecule has 146 valence electrons. The maximum absolute atomic E-state index is 9.17. The Hall–Kier alpha value is -2.01. The van der Waals surface area contributed by atoms with E-state index in [9.17, 15) is 0 Å². The Morgan fingerprint density at radius 3 is 2.52 bits per heavy atom. The van der Waals surface area contributed by atoms with Crippen LogP contribution in [0.5, 0.6) is 0 Å². The molecule has 0 radical (unpaired) electrons. The van der Waals surface area contributed by atoms with Crippen molar-refractivity contribution in [3.63, 3.8) is 0 Å². The van der Waals surface area contributed by atoms with Crippen molar-refractivity contribution in [2.24, 2.45) is 5.41 Å². The minimum atomic E-state index is 0.122. The number of nitriles is 1. The Balaban J connectivity index is 1.79. The largest absolute Gasteiger partial charge is 0.383 e. The summed E-state index contributed by atoms with van der Waals surface area (Å²) in [5.41, 5.74) is 2.23. The van der Waals surface area contributed by atoms with E-state index in [0.717, 1.165) is 63.5 Å². The van der Waals surface area contributed by atoms with Crippen LogP contribution in [-0.4, -0.2) is 70.8 Å². The van der Waals surface area contributed by atoms with E-state index >= 15 is 0 Å². The first-order valence-electron chi connectivity index (χ1n) is 9.58. The lowest BCUT2D eigenvalue weighted by molar-refractivity contribution is 0.0925. The second kappa shape index (κ2) is 8.34. The highest BCUT2D eigenvalue weighted by Crippen LogP contribution is 2.25. The highest BCUT2D eigenvalue weighted by molar-refractivity contribution is 5.77. The average molecular weight is 371 g/mol. The fourth-order valence-corrected chi connectivity index (χ4v) is 3.55. The number of ether oxygens (including phenoxy) is 1. The van der Waals surface area contributed by atoms with Crippen LogP contribution < -0.4 is 0 Å². The summed E-state index contributed by atoms with van der Waals surface area (Å²) < 4.78 is 7.46. The van der Waals surface area contributed by atoms with E-state index in [0.29, 0.717) is 0 Å². The van der Waals surface area contributed by atoms with Crippen molar-refractivity contribution >= 4 is 11.0 Å². The maximum Gasteiger partial charge on any atom is 0.234 e. The highest BCUT2D eigenvalue weighted by atomic mass is 16.5. The van der Waals surface area contributed by atoms with Gasteiger partial charge in [-0.25, -0.2) is 9.97 Å². The minimum absolute atomic E-state index is 0.122. The number of methoxy groups -OCH3 is 1. The zero-order valence-electron chi connectivity index (χ0n) is 16.9. The first-order valence-corrected chi connectivity index (χ1v) is 9.58. The third kappa shape index (κ3) is 5.04. The van der Waals surface area contributed by atoms with Crippen LogP contribution in [0, 0.1) is 16.7 Å². The van der Waals surface area contributed by atoms with Crippen molar-refractivity contribution in [2.75, 3.05) is 46.4 Å².